The fourth-order valence-electron chi connectivity index (χ4n) is 3.02. The summed E-state index contributed by atoms with van der Waals surface area (Å²) in [7, 11) is -3.93. The van der Waals surface area contributed by atoms with Crippen molar-refractivity contribution in [2.75, 3.05) is 18.0 Å². The number of carbonyl (C=O) groups is 1. The number of nitrogens with one attached hydrogen (secondary N) is 2. The molecule has 134 valence electrons. The van der Waals surface area contributed by atoms with Crippen LogP contribution in [0.25, 0.3) is 0 Å². The molecule has 1 aliphatic heterocycles. The van der Waals surface area contributed by atoms with Crippen LogP contribution in [0.2, 0.25) is 0 Å². The first-order valence-electron chi connectivity index (χ1n) is 7.95. The van der Waals surface area contributed by atoms with Crippen molar-refractivity contribution in [1.82, 2.24) is 15.4 Å². The maximum absolute atomic E-state index is 12.3. The molecule has 0 bridgehead atoms. The van der Waals surface area contributed by atoms with Crippen molar-refractivity contribution in [3.63, 3.8) is 0 Å². The van der Waals surface area contributed by atoms with Gasteiger partial charge in [-0.15, -0.1) is 4.83 Å². The predicted octanol–water partition coefficient (Wildman–Crippen LogP) is 1.05. The number of hydrazine groups is 1. The molecule has 2 aromatic rings. The van der Waals surface area contributed by atoms with Crippen LogP contribution in [0.15, 0.2) is 33.7 Å². The maximum atomic E-state index is 12.3. The van der Waals surface area contributed by atoms with E-state index in [1.807, 2.05) is 29.2 Å². The van der Waals surface area contributed by atoms with Crippen LogP contribution >= 0.6 is 0 Å². The van der Waals surface area contributed by atoms with Crippen molar-refractivity contribution in [2.45, 2.75) is 31.6 Å². The van der Waals surface area contributed by atoms with Crippen molar-refractivity contribution < 1.29 is 17.7 Å². The summed E-state index contributed by atoms with van der Waals surface area (Å²) in [5.74, 6) is -0.267. The van der Waals surface area contributed by atoms with Crippen molar-refractivity contribution in [3.8, 4) is 0 Å². The van der Waals surface area contributed by atoms with Gasteiger partial charge in [0.15, 0.2) is 5.76 Å². The highest BCUT2D eigenvalue weighted by Gasteiger charge is 2.25. The van der Waals surface area contributed by atoms with Gasteiger partial charge in [0.1, 0.15) is 10.6 Å². The molecule has 0 atom stereocenters. The second-order valence-electron chi connectivity index (χ2n) is 5.96. The van der Waals surface area contributed by atoms with Crippen molar-refractivity contribution in [3.05, 3.63) is 41.3 Å². The van der Waals surface area contributed by atoms with Crippen molar-refractivity contribution >= 4 is 21.6 Å². The summed E-state index contributed by atoms with van der Waals surface area (Å²) in [6.07, 6.45) is 1.93. The zero-order valence-electron chi connectivity index (χ0n) is 14.1. The number of hydrogen-bond donors (Lipinski definition) is 2. The van der Waals surface area contributed by atoms with Crippen LogP contribution in [0.5, 0.6) is 0 Å². The van der Waals surface area contributed by atoms with Gasteiger partial charge in [0.05, 0.1) is 6.54 Å². The van der Waals surface area contributed by atoms with E-state index in [1.165, 1.54) is 19.4 Å². The van der Waals surface area contributed by atoms with Gasteiger partial charge in [-0.1, -0.05) is 23.4 Å². The quantitative estimate of drug-likeness (QED) is 0.769. The Hall–Kier alpha value is -2.39. The Balaban J connectivity index is 1.65. The summed E-state index contributed by atoms with van der Waals surface area (Å²) >= 11 is 0. The van der Waals surface area contributed by atoms with Crippen LogP contribution in [0.1, 0.15) is 23.4 Å². The Kier molecular flexibility index (Phi) is 4.78. The Labute approximate surface area is 146 Å². The molecule has 25 heavy (non-hydrogen) atoms. The molecular formula is C16H20N4O4S. The molecule has 0 unspecified atom stereocenters. The third-order valence-electron chi connectivity index (χ3n) is 4.10. The topological polar surface area (TPSA) is 105 Å². The highest BCUT2D eigenvalue weighted by Crippen LogP contribution is 2.26. The first-order chi connectivity index (χ1) is 11.9. The van der Waals surface area contributed by atoms with E-state index in [0.717, 1.165) is 25.1 Å². The molecule has 8 nitrogen and oxygen atoms in total. The smallest absolute Gasteiger partial charge is 0.262 e. The first kappa shape index (κ1) is 17.4. The van der Waals surface area contributed by atoms with E-state index in [-0.39, 0.29) is 22.9 Å². The first-order valence-corrected chi connectivity index (χ1v) is 9.43. The van der Waals surface area contributed by atoms with E-state index in [4.69, 9.17) is 4.52 Å². The predicted molar refractivity (Wildman–Crippen MR) is 91.4 cm³/mol. The van der Waals surface area contributed by atoms with Crippen molar-refractivity contribution in [2.24, 2.45) is 0 Å². The summed E-state index contributed by atoms with van der Waals surface area (Å²) in [4.78, 5) is 16.2. The van der Waals surface area contributed by atoms with E-state index >= 15 is 0 Å². The van der Waals surface area contributed by atoms with Crippen LogP contribution in [-0.4, -0.2) is 32.6 Å². The summed E-state index contributed by atoms with van der Waals surface area (Å²) in [6.45, 7) is 3.85. The molecule has 0 saturated heterocycles. The van der Waals surface area contributed by atoms with Crippen LogP contribution in [0.3, 0.4) is 0 Å². The Morgan fingerprint density at radius 3 is 2.80 bits per heavy atom. The summed E-state index contributed by atoms with van der Waals surface area (Å²) in [5.41, 5.74) is 4.70. The second-order valence-corrected chi connectivity index (χ2v) is 7.58. The molecule has 1 aromatic heterocycles. The minimum Gasteiger partial charge on any atom is -0.362 e. The molecule has 0 aliphatic carbocycles. The van der Waals surface area contributed by atoms with Crippen molar-refractivity contribution in [1.29, 1.82) is 0 Å². The van der Waals surface area contributed by atoms with E-state index in [9.17, 15) is 13.2 Å². The monoisotopic (exact) mass is 364 g/mol. The Morgan fingerprint density at radius 1 is 1.32 bits per heavy atom. The lowest BCUT2D eigenvalue weighted by Crippen LogP contribution is -2.47. The van der Waals surface area contributed by atoms with Crippen LogP contribution in [-0.2, 0) is 21.2 Å². The number of benzene rings is 1. The number of fused-ring (bicyclic) bond motifs is 1. The molecule has 0 fully saturated rings. The minimum absolute atomic E-state index is 0.0591. The Morgan fingerprint density at radius 2 is 2.08 bits per heavy atom. The SMILES string of the molecule is Cc1noc(C)c1S(=O)(=O)NNC(=O)CN1CCCc2ccccc21. The average molecular weight is 364 g/mol. The maximum Gasteiger partial charge on any atom is 0.262 e. The molecule has 1 amide bonds. The van der Waals surface area contributed by atoms with Gasteiger partial charge in [-0.2, -0.15) is 0 Å². The van der Waals surface area contributed by atoms with Gasteiger partial charge < -0.3 is 9.42 Å². The standard InChI is InChI=1S/C16H20N4O4S/c1-11-16(12(2)24-18-11)25(22,23)19-17-15(21)10-20-9-5-7-13-6-3-4-8-14(13)20/h3-4,6,8,19H,5,7,9-10H2,1-2H3,(H,17,21). The summed E-state index contributed by atoms with van der Waals surface area (Å²) in [6, 6.07) is 7.91. The Bertz CT molecular complexity index is 872. The fraction of sp³-hybridized carbons (Fsp3) is 0.375. The normalized spacial score (nSPS) is 14.2. The van der Waals surface area contributed by atoms with Crippen LogP contribution in [0, 0.1) is 13.8 Å². The fourth-order valence-corrected chi connectivity index (χ4v) is 4.21. The highest BCUT2D eigenvalue weighted by atomic mass is 32.2. The molecular weight excluding hydrogens is 344 g/mol. The van der Waals surface area contributed by atoms with E-state index in [2.05, 4.69) is 15.4 Å². The number of aryl methyl sites for hydroxylation is 3. The molecule has 9 heteroatoms. The molecule has 0 spiro atoms. The molecule has 1 aliphatic rings. The van der Waals surface area contributed by atoms with E-state index in [0.29, 0.717) is 0 Å². The van der Waals surface area contributed by atoms with Crippen LogP contribution in [0.4, 0.5) is 5.69 Å². The molecule has 0 radical (unpaired) electrons. The van der Waals surface area contributed by atoms with Crippen LogP contribution < -0.4 is 15.2 Å². The second kappa shape index (κ2) is 6.85. The highest BCUT2D eigenvalue weighted by molar-refractivity contribution is 7.89. The largest absolute Gasteiger partial charge is 0.362 e. The summed E-state index contributed by atoms with van der Waals surface area (Å²) < 4.78 is 29.4. The third-order valence-corrected chi connectivity index (χ3v) is 5.59. The number of sulfonamides is 1. The molecule has 2 N–H and O–H groups in total. The number of aromatic nitrogens is 1. The van der Waals surface area contributed by atoms with Gasteiger partial charge in [0.2, 0.25) is 0 Å². The number of carbonyl (C=O) groups excluding carboxylic acids is 1. The number of anilines is 1. The van der Waals surface area contributed by atoms with E-state index in [1.54, 1.807) is 0 Å². The zero-order chi connectivity index (χ0) is 18.0. The lowest BCUT2D eigenvalue weighted by molar-refractivity contribution is -0.120. The third kappa shape index (κ3) is 3.67. The lowest BCUT2D eigenvalue weighted by atomic mass is 10.0. The number of nitrogens with zero attached hydrogens (tertiary/aromatic N) is 2. The van der Waals surface area contributed by atoms with Gasteiger partial charge in [0.25, 0.3) is 15.9 Å². The lowest BCUT2D eigenvalue weighted by Gasteiger charge is -2.30. The van der Waals surface area contributed by atoms with Gasteiger partial charge >= 0.3 is 0 Å². The molecule has 1 aromatic carbocycles. The van der Waals surface area contributed by atoms with Gasteiger partial charge in [0, 0.05) is 12.2 Å². The van der Waals surface area contributed by atoms with E-state index < -0.39 is 15.9 Å². The van der Waals surface area contributed by atoms with Gasteiger partial charge in [-0.05, 0) is 38.3 Å². The molecule has 3 rings (SSSR count). The number of hydrogen-bond acceptors (Lipinski definition) is 6. The summed E-state index contributed by atoms with van der Waals surface area (Å²) in [5, 5.41) is 3.61. The number of para-hydroxylation sites is 1. The molecule has 2 heterocycles. The number of amides is 1. The average Bonchev–Trinajstić information content (AvgIpc) is 2.93. The van der Waals surface area contributed by atoms with Gasteiger partial charge in [-0.3, -0.25) is 10.2 Å². The van der Waals surface area contributed by atoms with Gasteiger partial charge in [-0.25, -0.2) is 8.42 Å². The minimum atomic E-state index is -3.93. The zero-order valence-corrected chi connectivity index (χ0v) is 14.9. The number of rotatable bonds is 5. The molecule has 0 saturated carbocycles.